The summed E-state index contributed by atoms with van der Waals surface area (Å²) in [5.41, 5.74) is 4.93. The summed E-state index contributed by atoms with van der Waals surface area (Å²) in [6, 6.07) is 10.1. The second-order valence-electron chi connectivity index (χ2n) is 6.00. The fourth-order valence-electron chi connectivity index (χ4n) is 3.44. The maximum Gasteiger partial charge on any atom is 0.0731 e. The smallest absolute Gasteiger partial charge is 0.0731 e. The molecule has 2 aliphatic rings. The second-order valence-corrected chi connectivity index (χ2v) is 6.43. The first kappa shape index (κ1) is 13.8. The number of rotatable bonds is 1. The Labute approximate surface area is 135 Å². The maximum atomic E-state index is 5.99. The van der Waals surface area contributed by atoms with Crippen LogP contribution in [-0.4, -0.2) is 17.2 Å². The zero-order valence-corrected chi connectivity index (χ0v) is 13.1. The molecular formula is C18H18ClN3. The van der Waals surface area contributed by atoms with Crippen molar-refractivity contribution >= 4 is 23.0 Å². The van der Waals surface area contributed by atoms with E-state index in [1.54, 1.807) is 0 Å². The third-order valence-electron chi connectivity index (χ3n) is 4.62. The summed E-state index contributed by atoms with van der Waals surface area (Å²) < 4.78 is 0. The highest BCUT2D eigenvalue weighted by Crippen LogP contribution is 2.32. The van der Waals surface area contributed by atoms with Crippen LogP contribution in [0.4, 0.5) is 5.69 Å². The van der Waals surface area contributed by atoms with Crippen molar-refractivity contribution in [1.29, 1.82) is 0 Å². The Hall–Kier alpha value is -1.87. The Morgan fingerprint density at radius 3 is 2.82 bits per heavy atom. The number of anilines is 1. The quantitative estimate of drug-likeness (QED) is 0.785. The Bertz CT molecular complexity index is 709. The highest BCUT2D eigenvalue weighted by atomic mass is 35.5. The second kappa shape index (κ2) is 5.73. The summed E-state index contributed by atoms with van der Waals surface area (Å²) in [5.74, 6) is 0.564. The first-order valence-corrected chi connectivity index (χ1v) is 8.24. The van der Waals surface area contributed by atoms with E-state index in [-0.39, 0.29) is 0 Å². The minimum absolute atomic E-state index is 0.564. The number of pyridine rings is 1. The minimum atomic E-state index is 0.564. The lowest BCUT2D eigenvalue weighted by atomic mass is 9.91. The molecule has 0 bridgehead atoms. The van der Waals surface area contributed by atoms with Crippen molar-refractivity contribution in [3.05, 3.63) is 58.9 Å². The molecule has 1 aromatic carbocycles. The Balaban J connectivity index is 1.75. The van der Waals surface area contributed by atoms with Gasteiger partial charge in [-0.15, -0.1) is 0 Å². The van der Waals surface area contributed by atoms with E-state index >= 15 is 0 Å². The molecule has 1 unspecified atom stereocenters. The fraction of sp³-hybridized carbons (Fsp3) is 0.333. The fourth-order valence-corrected chi connectivity index (χ4v) is 3.57. The number of hydrogen-bond donors (Lipinski definition) is 0. The number of benzene rings is 1. The number of hydrazone groups is 1. The van der Waals surface area contributed by atoms with Gasteiger partial charge in [-0.05, 0) is 61.6 Å². The van der Waals surface area contributed by atoms with Crippen molar-refractivity contribution < 1.29 is 0 Å². The predicted octanol–water partition coefficient (Wildman–Crippen LogP) is 4.30. The number of aryl methyl sites for hydroxylation is 1. The lowest BCUT2D eigenvalue weighted by Crippen LogP contribution is -2.32. The van der Waals surface area contributed by atoms with Crippen LogP contribution in [0.3, 0.4) is 0 Å². The maximum absolute atomic E-state index is 5.99. The average molecular weight is 312 g/mol. The monoisotopic (exact) mass is 311 g/mol. The van der Waals surface area contributed by atoms with Crippen molar-refractivity contribution in [2.45, 2.75) is 25.7 Å². The molecule has 1 aliphatic heterocycles. The number of aromatic nitrogens is 1. The van der Waals surface area contributed by atoms with Gasteiger partial charge >= 0.3 is 0 Å². The van der Waals surface area contributed by atoms with Crippen molar-refractivity contribution in [2.24, 2.45) is 11.0 Å². The normalized spacial score (nSPS) is 20.7. The Morgan fingerprint density at radius 2 is 1.95 bits per heavy atom. The van der Waals surface area contributed by atoms with Gasteiger partial charge in [0.25, 0.3) is 0 Å². The molecule has 1 aliphatic carbocycles. The van der Waals surface area contributed by atoms with Crippen molar-refractivity contribution in [1.82, 2.24) is 4.98 Å². The van der Waals surface area contributed by atoms with Crippen molar-refractivity contribution in [3.63, 3.8) is 0 Å². The van der Waals surface area contributed by atoms with Gasteiger partial charge in [-0.2, -0.15) is 5.10 Å². The van der Waals surface area contributed by atoms with Crippen LogP contribution in [-0.2, 0) is 6.42 Å². The lowest BCUT2D eigenvalue weighted by molar-refractivity contribution is 0.532. The molecule has 0 N–H and O–H groups in total. The van der Waals surface area contributed by atoms with Crippen LogP contribution in [0, 0.1) is 5.92 Å². The zero-order chi connectivity index (χ0) is 14.9. The van der Waals surface area contributed by atoms with E-state index in [1.165, 1.54) is 29.7 Å². The van der Waals surface area contributed by atoms with E-state index in [9.17, 15) is 0 Å². The van der Waals surface area contributed by atoms with Gasteiger partial charge in [-0.1, -0.05) is 11.6 Å². The van der Waals surface area contributed by atoms with Gasteiger partial charge in [0.1, 0.15) is 0 Å². The molecule has 112 valence electrons. The Morgan fingerprint density at radius 1 is 1.09 bits per heavy atom. The zero-order valence-electron chi connectivity index (χ0n) is 12.4. The molecule has 0 amide bonds. The van der Waals surface area contributed by atoms with E-state index in [1.807, 2.05) is 36.7 Å². The lowest BCUT2D eigenvalue weighted by Gasteiger charge is -2.30. The summed E-state index contributed by atoms with van der Waals surface area (Å²) in [6.07, 6.45) is 8.62. The molecule has 1 atom stereocenters. The first-order valence-electron chi connectivity index (χ1n) is 7.86. The molecule has 0 saturated heterocycles. The van der Waals surface area contributed by atoms with Crippen LogP contribution in [0.25, 0.3) is 0 Å². The van der Waals surface area contributed by atoms with Gasteiger partial charge in [-0.25, -0.2) is 0 Å². The number of halogens is 1. The van der Waals surface area contributed by atoms with E-state index in [0.29, 0.717) is 5.92 Å². The van der Waals surface area contributed by atoms with Crippen molar-refractivity contribution in [3.8, 4) is 0 Å². The van der Waals surface area contributed by atoms with Gasteiger partial charge < -0.3 is 0 Å². The van der Waals surface area contributed by atoms with Gasteiger partial charge in [-0.3, -0.25) is 9.99 Å². The highest BCUT2D eigenvalue weighted by molar-refractivity contribution is 6.30. The molecule has 2 aromatic rings. The molecule has 1 aromatic heterocycles. The molecule has 0 fully saturated rings. The summed E-state index contributed by atoms with van der Waals surface area (Å²) in [7, 11) is 0. The third-order valence-corrected chi connectivity index (χ3v) is 4.87. The molecule has 0 radical (unpaired) electrons. The summed E-state index contributed by atoms with van der Waals surface area (Å²) in [6.45, 7) is 0.964. The number of fused-ring (bicyclic) bond motifs is 3. The SMILES string of the molecule is Clc1ccc(N2CCC3CCCc4ccncc4C3=N2)cc1. The van der Waals surface area contributed by atoms with Crippen LogP contribution in [0.5, 0.6) is 0 Å². The molecule has 22 heavy (non-hydrogen) atoms. The van der Waals surface area contributed by atoms with Crippen LogP contribution >= 0.6 is 11.6 Å². The standard InChI is InChI=1S/C18H18ClN3/c19-15-4-6-16(7-5-15)22-11-9-14-3-1-2-13-8-10-20-12-17(13)18(14)21-22/h4-8,10,12,14H,1-3,9,11H2. The number of nitrogens with zero attached hydrogens (tertiary/aromatic N) is 3. The van der Waals surface area contributed by atoms with Crippen LogP contribution < -0.4 is 5.01 Å². The van der Waals surface area contributed by atoms with Crippen LogP contribution in [0.15, 0.2) is 47.8 Å². The molecule has 0 spiro atoms. The molecule has 3 nitrogen and oxygen atoms in total. The minimum Gasteiger partial charge on any atom is -0.265 e. The first-order chi connectivity index (χ1) is 10.8. The van der Waals surface area contributed by atoms with Gasteiger partial charge in [0.05, 0.1) is 11.4 Å². The molecule has 4 heteroatoms. The van der Waals surface area contributed by atoms with Gasteiger partial charge in [0.15, 0.2) is 0 Å². The van der Waals surface area contributed by atoms with Crippen LogP contribution in [0.2, 0.25) is 5.02 Å². The summed E-state index contributed by atoms with van der Waals surface area (Å²) >= 11 is 5.99. The number of hydrogen-bond acceptors (Lipinski definition) is 3. The van der Waals surface area contributed by atoms with E-state index in [2.05, 4.69) is 16.1 Å². The third kappa shape index (κ3) is 2.50. The molecule has 2 heterocycles. The predicted molar refractivity (Wildman–Crippen MR) is 90.6 cm³/mol. The average Bonchev–Trinajstić information content (AvgIpc) is 2.74. The van der Waals surface area contributed by atoms with E-state index < -0.39 is 0 Å². The summed E-state index contributed by atoms with van der Waals surface area (Å²) in [4.78, 5) is 4.32. The van der Waals surface area contributed by atoms with Gasteiger partial charge in [0, 0.05) is 35.4 Å². The molecule has 0 saturated carbocycles. The topological polar surface area (TPSA) is 28.5 Å². The van der Waals surface area contributed by atoms with Gasteiger partial charge in [0.2, 0.25) is 0 Å². The molecular weight excluding hydrogens is 294 g/mol. The van der Waals surface area contributed by atoms with E-state index in [0.717, 1.165) is 30.1 Å². The van der Waals surface area contributed by atoms with Crippen LogP contribution in [0.1, 0.15) is 30.4 Å². The molecule has 4 rings (SSSR count). The van der Waals surface area contributed by atoms with E-state index in [4.69, 9.17) is 16.7 Å². The highest BCUT2D eigenvalue weighted by Gasteiger charge is 2.28. The van der Waals surface area contributed by atoms with Crippen molar-refractivity contribution in [2.75, 3.05) is 11.6 Å². The largest absolute Gasteiger partial charge is 0.265 e. The Kier molecular flexibility index (Phi) is 3.59. The summed E-state index contributed by atoms with van der Waals surface area (Å²) in [5, 5.41) is 7.83.